The molecule has 0 aromatic rings. The van der Waals surface area contributed by atoms with Crippen LogP contribution in [-0.2, 0) is 0 Å². The number of rotatable bonds is 5. The van der Waals surface area contributed by atoms with Crippen LogP contribution in [0.5, 0.6) is 0 Å². The molecule has 0 bridgehead atoms. The van der Waals surface area contributed by atoms with E-state index in [1.165, 1.54) is 51.9 Å². The van der Waals surface area contributed by atoms with Gasteiger partial charge in [0.25, 0.3) is 0 Å². The predicted octanol–water partition coefficient (Wildman–Crippen LogP) is 0.424. The highest BCUT2D eigenvalue weighted by atomic mass is 15.2. The second kappa shape index (κ2) is 5.69. The summed E-state index contributed by atoms with van der Waals surface area (Å²) in [5.74, 6) is 0. The van der Waals surface area contributed by atoms with E-state index in [1.54, 1.807) is 0 Å². The van der Waals surface area contributed by atoms with Crippen LogP contribution in [-0.4, -0.2) is 50.2 Å². The van der Waals surface area contributed by atoms with Crippen LogP contribution in [0.15, 0.2) is 0 Å². The Labute approximate surface area is 87.2 Å². The normalized spacial score (nSPS) is 28.7. The second-order valence-corrected chi connectivity index (χ2v) is 4.55. The van der Waals surface area contributed by atoms with E-state index in [2.05, 4.69) is 15.5 Å². The first-order chi connectivity index (χ1) is 6.95. The van der Waals surface area contributed by atoms with Crippen molar-refractivity contribution in [3.63, 3.8) is 0 Å². The first-order valence-corrected chi connectivity index (χ1v) is 6.11. The summed E-state index contributed by atoms with van der Waals surface area (Å²) in [7, 11) is 0. The Morgan fingerprint density at radius 3 is 2.79 bits per heavy atom. The van der Waals surface area contributed by atoms with Gasteiger partial charge < -0.3 is 15.5 Å². The Hall–Kier alpha value is -0.120. The Morgan fingerprint density at radius 1 is 1.21 bits per heavy atom. The minimum absolute atomic E-state index is 0.744. The van der Waals surface area contributed by atoms with Gasteiger partial charge in [0.1, 0.15) is 0 Å². The third-order valence-corrected chi connectivity index (χ3v) is 3.36. The Morgan fingerprint density at radius 2 is 2.07 bits per heavy atom. The molecule has 0 radical (unpaired) electrons. The number of nitrogens with one attached hydrogen (secondary N) is 2. The molecule has 0 saturated carbocycles. The van der Waals surface area contributed by atoms with Crippen molar-refractivity contribution in [3.05, 3.63) is 0 Å². The molecule has 2 N–H and O–H groups in total. The summed E-state index contributed by atoms with van der Waals surface area (Å²) in [4.78, 5) is 2.56. The van der Waals surface area contributed by atoms with E-state index >= 15 is 0 Å². The van der Waals surface area contributed by atoms with E-state index in [0.29, 0.717) is 0 Å². The van der Waals surface area contributed by atoms with Crippen molar-refractivity contribution in [2.75, 3.05) is 39.3 Å². The molecular formula is C11H23N3. The smallest absolute Gasteiger partial charge is 0.0192 e. The number of nitrogens with zero attached hydrogens (tertiary/aromatic N) is 1. The molecule has 82 valence electrons. The van der Waals surface area contributed by atoms with Gasteiger partial charge in [-0.05, 0) is 45.3 Å². The van der Waals surface area contributed by atoms with Gasteiger partial charge in [0.15, 0.2) is 0 Å². The van der Waals surface area contributed by atoms with Crippen LogP contribution < -0.4 is 10.6 Å². The predicted molar refractivity (Wildman–Crippen MR) is 59.6 cm³/mol. The standard InChI is InChI=1S/C11H23N3/c1-2-8-14(7-1)9-6-12-10-11-4-3-5-13-11/h11-13H,1-10H2. The zero-order valence-corrected chi connectivity index (χ0v) is 9.10. The largest absolute Gasteiger partial charge is 0.314 e. The van der Waals surface area contributed by atoms with Crippen LogP contribution in [0.3, 0.4) is 0 Å². The van der Waals surface area contributed by atoms with Crippen molar-refractivity contribution in [2.45, 2.75) is 31.7 Å². The maximum absolute atomic E-state index is 3.55. The highest BCUT2D eigenvalue weighted by Crippen LogP contribution is 2.06. The van der Waals surface area contributed by atoms with E-state index in [0.717, 1.165) is 19.1 Å². The molecule has 2 aliphatic heterocycles. The van der Waals surface area contributed by atoms with Crippen LogP contribution in [0, 0.1) is 0 Å². The van der Waals surface area contributed by atoms with Crippen LogP contribution in [0.25, 0.3) is 0 Å². The molecule has 2 heterocycles. The number of hydrogen-bond acceptors (Lipinski definition) is 3. The molecule has 2 saturated heterocycles. The van der Waals surface area contributed by atoms with Gasteiger partial charge in [-0.25, -0.2) is 0 Å². The average Bonchev–Trinajstić information content (AvgIpc) is 2.86. The molecule has 2 aliphatic rings. The maximum atomic E-state index is 3.55. The molecule has 1 atom stereocenters. The minimum Gasteiger partial charge on any atom is -0.314 e. The lowest BCUT2D eigenvalue weighted by Gasteiger charge is -2.16. The summed E-state index contributed by atoms with van der Waals surface area (Å²) >= 11 is 0. The third kappa shape index (κ3) is 3.23. The van der Waals surface area contributed by atoms with Gasteiger partial charge in [0.2, 0.25) is 0 Å². The molecule has 0 spiro atoms. The van der Waals surface area contributed by atoms with Crippen molar-refractivity contribution in [1.29, 1.82) is 0 Å². The van der Waals surface area contributed by atoms with Crippen molar-refractivity contribution >= 4 is 0 Å². The van der Waals surface area contributed by atoms with E-state index < -0.39 is 0 Å². The maximum Gasteiger partial charge on any atom is 0.0192 e. The molecule has 2 rings (SSSR count). The van der Waals surface area contributed by atoms with E-state index in [1.807, 2.05) is 0 Å². The summed E-state index contributed by atoms with van der Waals surface area (Å²) < 4.78 is 0. The fourth-order valence-electron chi connectivity index (χ4n) is 2.45. The van der Waals surface area contributed by atoms with Gasteiger partial charge in [-0.3, -0.25) is 0 Å². The Kier molecular flexibility index (Phi) is 4.22. The van der Waals surface area contributed by atoms with Crippen molar-refractivity contribution in [1.82, 2.24) is 15.5 Å². The van der Waals surface area contributed by atoms with Gasteiger partial charge in [0, 0.05) is 25.7 Å². The lowest BCUT2D eigenvalue weighted by atomic mass is 10.2. The van der Waals surface area contributed by atoms with Crippen molar-refractivity contribution < 1.29 is 0 Å². The van der Waals surface area contributed by atoms with Gasteiger partial charge in [-0.1, -0.05) is 0 Å². The van der Waals surface area contributed by atoms with Crippen LogP contribution in [0.1, 0.15) is 25.7 Å². The van der Waals surface area contributed by atoms with Crippen LogP contribution >= 0.6 is 0 Å². The molecule has 0 aromatic heterocycles. The number of likely N-dealkylation sites (tertiary alicyclic amines) is 1. The summed E-state index contributed by atoms with van der Waals surface area (Å²) in [6.45, 7) is 7.43. The minimum atomic E-state index is 0.744. The van der Waals surface area contributed by atoms with Crippen molar-refractivity contribution in [3.8, 4) is 0 Å². The topological polar surface area (TPSA) is 27.3 Å². The molecule has 14 heavy (non-hydrogen) atoms. The summed E-state index contributed by atoms with van der Waals surface area (Å²) in [6, 6.07) is 0.744. The van der Waals surface area contributed by atoms with Gasteiger partial charge in [-0.15, -0.1) is 0 Å². The zero-order chi connectivity index (χ0) is 9.64. The van der Waals surface area contributed by atoms with E-state index in [-0.39, 0.29) is 0 Å². The van der Waals surface area contributed by atoms with E-state index in [4.69, 9.17) is 0 Å². The lowest BCUT2D eigenvalue weighted by molar-refractivity contribution is 0.333. The molecule has 0 aliphatic carbocycles. The van der Waals surface area contributed by atoms with Gasteiger partial charge in [-0.2, -0.15) is 0 Å². The molecule has 0 amide bonds. The molecule has 2 fully saturated rings. The van der Waals surface area contributed by atoms with Crippen LogP contribution in [0.4, 0.5) is 0 Å². The summed E-state index contributed by atoms with van der Waals surface area (Å²) in [5.41, 5.74) is 0. The van der Waals surface area contributed by atoms with E-state index in [9.17, 15) is 0 Å². The monoisotopic (exact) mass is 197 g/mol. The van der Waals surface area contributed by atoms with Gasteiger partial charge in [0.05, 0.1) is 0 Å². The second-order valence-electron chi connectivity index (χ2n) is 4.55. The summed E-state index contributed by atoms with van der Waals surface area (Å²) in [6.07, 6.45) is 5.53. The Balaban J connectivity index is 1.46. The van der Waals surface area contributed by atoms with Crippen LogP contribution in [0.2, 0.25) is 0 Å². The fourth-order valence-corrected chi connectivity index (χ4v) is 2.45. The highest BCUT2D eigenvalue weighted by Gasteiger charge is 2.13. The van der Waals surface area contributed by atoms with Gasteiger partial charge >= 0.3 is 0 Å². The first kappa shape index (κ1) is 10.4. The molecule has 3 heteroatoms. The third-order valence-electron chi connectivity index (χ3n) is 3.36. The zero-order valence-electron chi connectivity index (χ0n) is 9.10. The quantitative estimate of drug-likeness (QED) is 0.626. The van der Waals surface area contributed by atoms with Crippen molar-refractivity contribution in [2.24, 2.45) is 0 Å². The average molecular weight is 197 g/mol. The Bertz CT molecular complexity index is 131. The fraction of sp³-hybridized carbons (Fsp3) is 1.00. The molecule has 3 nitrogen and oxygen atoms in total. The lowest BCUT2D eigenvalue weighted by Crippen LogP contribution is -2.37. The highest BCUT2D eigenvalue weighted by molar-refractivity contribution is 4.76. The summed E-state index contributed by atoms with van der Waals surface area (Å²) in [5, 5.41) is 7.06. The SMILES string of the molecule is C1CNC(CNCCN2CCCC2)C1. The molecule has 0 aromatic carbocycles. The molecule has 1 unspecified atom stereocenters. The molecular weight excluding hydrogens is 174 g/mol. The first-order valence-electron chi connectivity index (χ1n) is 6.11. The number of hydrogen-bond donors (Lipinski definition) is 2.